The highest BCUT2D eigenvalue weighted by atomic mass is 32.2. The Balaban J connectivity index is 1.62. The lowest BCUT2D eigenvalue weighted by molar-refractivity contribution is -0.127. The Bertz CT molecular complexity index is 952. The molecule has 0 aliphatic carbocycles. The number of nitrogens with zero attached hydrogens (tertiary/aromatic N) is 3. The van der Waals surface area contributed by atoms with Gasteiger partial charge >= 0.3 is 0 Å². The van der Waals surface area contributed by atoms with Gasteiger partial charge < -0.3 is 4.90 Å². The highest BCUT2D eigenvalue weighted by Crippen LogP contribution is 2.22. The first-order chi connectivity index (χ1) is 12.5. The molecule has 134 valence electrons. The minimum absolute atomic E-state index is 0.189. The van der Waals surface area contributed by atoms with Crippen molar-refractivity contribution in [3.05, 3.63) is 59.0 Å². The van der Waals surface area contributed by atoms with E-state index < -0.39 is 10.0 Å². The molecule has 0 spiro atoms. The SMILES string of the molecule is N#Cc1ccccc1C=CC(=O)N1CCN(S(=O)(=O)c2cccs2)CC1. The van der Waals surface area contributed by atoms with Crippen LogP contribution in [0.5, 0.6) is 0 Å². The van der Waals surface area contributed by atoms with Crippen LogP contribution >= 0.6 is 11.3 Å². The Morgan fingerprint density at radius 3 is 2.50 bits per heavy atom. The predicted molar refractivity (Wildman–Crippen MR) is 99.8 cm³/mol. The zero-order valence-electron chi connectivity index (χ0n) is 13.9. The number of sulfonamides is 1. The van der Waals surface area contributed by atoms with E-state index in [9.17, 15) is 13.2 Å². The fraction of sp³-hybridized carbons (Fsp3) is 0.222. The number of hydrogen-bond acceptors (Lipinski definition) is 5. The summed E-state index contributed by atoms with van der Waals surface area (Å²) in [6.07, 6.45) is 3.05. The molecule has 2 heterocycles. The van der Waals surface area contributed by atoms with Crippen LogP contribution in [0.3, 0.4) is 0 Å². The lowest BCUT2D eigenvalue weighted by Gasteiger charge is -2.33. The van der Waals surface area contributed by atoms with Gasteiger partial charge in [-0.25, -0.2) is 8.42 Å². The standard InChI is InChI=1S/C18H17N3O3S2/c19-14-16-5-2-1-4-15(16)7-8-17(22)20-9-11-21(12-10-20)26(23,24)18-6-3-13-25-18/h1-8,13H,9-12H2. The van der Waals surface area contributed by atoms with Gasteiger partial charge in [-0.05, 0) is 29.2 Å². The molecule has 0 radical (unpaired) electrons. The van der Waals surface area contributed by atoms with Crippen LogP contribution in [-0.4, -0.2) is 49.7 Å². The van der Waals surface area contributed by atoms with Crippen LogP contribution in [0, 0.1) is 11.3 Å². The molecule has 0 unspecified atom stereocenters. The van der Waals surface area contributed by atoms with E-state index in [4.69, 9.17) is 5.26 Å². The predicted octanol–water partition coefficient (Wildman–Crippen LogP) is 2.17. The third kappa shape index (κ3) is 3.85. The summed E-state index contributed by atoms with van der Waals surface area (Å²) in [6, 6.07) is 12.4. The molecule has 1 amide bonds. The van der Waals surface area contributed by atoms with Crippen molar-refractivity contribution in [2.75, 3.05) is 26.2 Å². The quantitative estimate of drug-likeness (QED) is 0.753. The molecule has 1 saturated heterocycles. The van der Waals surface area contributed by atoms with Gasteiger partial charge in [0.1, 0.15) is 4.21 Å². The number of thiophene rings is 1. The summed E-state index contributed by atoms with van der Waals surface area (Å²) in [4.78, 5) is 14.0. The van der Waals surface area contributed by atoms with Crippen molar-refractivity contribution in [2.45, 2.75) is 4.21 Å². The summed E-state index contributed by atoms with van der Waals surface area (Å²) in [5.74, 6) is -0.189. The van der Waals surface area contributed by atoms with Crippen LogP contribution in [0.1, 0.15) is 11.1 Å². The summed E-state index contributed by atoms with van der Waals surface area (Å²) in [5.41, 5.74) is 1.19. The second-order valence-electron chi connectivity index (χ2n) is 5.69. The molecule has 0 bridgehead atoms. The molecule has 26 heavy (non-hydrogen) atoms. The first-order valence-corrected chi connectivity index (χ1v) is 10.3. The maximum atomic E-state index is 12.5. The second-order valence-corrected chi connectivity index (χ2v) is 8.81. The van der Waals surface area contributed by atoms with Crippen molar-refractivity contribution >= 4 is 33.3 Å². The molecule has 8 heteroatoms. The van der Waals surface area contributed by atoms with E-state index in [0.29, 0.717) is 28.4 Å². The van der Waals surface area contributed by atoms with E-state index in [0.717, 1.165) is 0 Å². The summed E-state index contributed by atoms with van der Waals surface area (Å²) in [5, 5.41) is 10.8. The normalized spacial score (nSPS) is 15.9. The molecule has 0 atom stereocenters. The smallest absolute Gasteiger partial charge is 0.252 e. The average molecular weight is 387 g/mol. The number of amides is 1. The number of carbonyl (C=O) groups is 1. The summed E-state index contributed by atoms with van der Waals surface area (Å²) < 4.78 is 26.7. The highest BCUT2D eigenvalue weighted by Gasteiger charge is 2.30. The molecule has 1 aromatic carbocycles. The fourth-order valence-electron chi connectivity index (χ4n) is 2.70. The molecular formula is C18H17N3O3S2. The molecule has 0 N–H and O–H groups in total. The van der Waals surface area contributed by atoms with Gasteiger partial charge in [-0.15, -0.1) is 11.3 Å². The summed E-state index contributed by atoms with van der Waals surface area (Å²) in [7, 11) is -3.47. The summed E-state index contributed by atoms with van der Waals surface area (Å²) >= 11 is 1.19. The minimum atomic E-state index is -3.47. The van der Waals surface area contributed by atoms with Gasteiger partial charge in [0.05, 0.1) is 11.6 Å². The van der Waals surface area contributed by atoms with Crippen LogP contribution in [-0.2, 0) is 14.8 Å². The van der Waals surface area contributed by atoms with Crippen molar-refractivity contribution < 1.29 is 13.2 Å². The van der Waals surface area contributed by atoms with E-state index in [-0.39, 0.29) is 19.0 Å². The Hall–Kier alpha value is -2.47. The number of nitriles is 1. The molecular weight excluding hydrogens is 370 g/mol. The number of piperazine rings is 1. The van der Waals surface area contributed by atoms with Crippen molar-refractivity contribution in [3.63, 3.8) is 0 Å². The van der Waals surface area contributed by atoms with Crippen LogP contribution < -0.4 is 0 Å². The monoisotopic (exact) mass is 387 g/mol. The van der Waals surface area contributed by atoms with Gasteiger partial charge in [-0.2, -0.15) is 9.57 Å². The van der Waals surface area contributed by atoms with Crippen LogP contribution in [0.25, 0.3) is 6.08 Å². The fourth-order valence-corrected chi connectivity index (χ4v) is 5.26. The molecule has 1 aromatic heterocycles. The lowest BCUT2D eigenvalue weighted by Crippen LogP contribution is -2.50. The third-order valence-corrected chi connectivity index (χ3v) is 7.40. The maximum absolute atomic E-state index is 12.5. The van der Waals surface area contributed by atoms with E-state index >= 15 is 0 Å². The van der Waals surface area contributed by atoms with Gasteiger partial charge in [0.2, 0.25) is 5.91 Å². The summed E-state index contributed by atoms with van der Waals surface area (Å²) in [6.45, 7) is 1.23. The maximum Gasteiger partial charge on any atom is 0.252 e. The first kappa shape index (κ1) is 18.3. The number of carbonyl (C=O) groups excluding carboxylic acids is 1. The van der Waals surface area contributed by atoms with Crippen molar-refractivity contribution in [1.82, 2.24) is 9.21 Å². The van der Waals surface area contributed by atoms with Gasteiger partial charge in [-0.3, -0.25) is 4.79 Å². The van der Waals surface area contributed by atoms with E-state index in [2.05, 4.69) is 6.07 Å². The molecule has 0 saturated carbocycles. The highest BCUT2D eigenvalue weighted by molar-refractivity contribution is 7.91. The van der Waals surface area contributed by atoms with Crippen LogP contribution in [0.2, 0.25) is 0 Å². The molecule has 1 fully saturated rings. The lowest BCUT2D eigenvalue weighted by atomic mass is 10.1. The Labute approximate surface area is 156 Å². The molecule has 1 aliphatic rings. The van der Waals surface area contributed by atoms with Gasteiger partial charge in [0.15, 0.2) is 0 Å². The number of rotatable bonds is 4. The van der Waals surface area contributed by atoms with Crippen molar-refractivity contribution in [3.8, 4) is 6.07 Å². The van der Waals surface area contributed by atoms with E-state index in [1.807, 2.05) is 0 Å². The van der Waals surface area contributed by atoms with Crippen LogP contribution in [0.4, 0.5) is 0 Å². The topological polar surface area (TPSA) is 81.5 Å². The molecule has 6 nitrogen and oxygen atoms in total. The van der Waals surface area contributed by atoms with E-state index in [1.165, 1.54) is 21.7 Å². The first-order valence-electron chi connectivity index (χ1n) is 8.02. The van der Waals surface area contributed by atoms with Crippen molar-refractivity contribution in [2.24, 2.45) is 0 Å². The van der Waals surface area contributed by atoms with Crippen molar-refractivity contribution in [1.29, 1.82) is 5.26 Å². The number of benzene rings is 1. The van der Waals surface area contributed by atoms with Gasteiger partial charge in [0.25, 0.3) is 10.0 Å². The zero-order chi connectivity index (χ0) is 18.6. The largest absolute Gasteiger partial charge is 0.337 e. The molecule has 1 aliphatic heterocycles. The minimum Gasteiger partial charge on any atom is -0.337 e. The third-order valence-electron chi connectivity index (χ3n) is 4.13. The Morgan fingerprint density at radius 2 is 1.85 bits per heavy atom. The van der Waals surface area contributed by atoms with Gasteiger partial charge in [-0.1, -0.05) is 24.3 Å². The number of hydrogen-bond donors (Lipinski definition) is 0. The molecule has 3 rings (SSSR count). The average Bonchev–Trinajstić information content (AvgIpc) is 3.22. The van der Waals surface area contributed by atoms with Crippen LogP contribution in [0.15, 0.2) is 52.1 Å². The second kappa shape index (κ2) is 7.83. The van der Waals surface area contributed by atoms with E-state index in [1.54, 1.807) is 52.8 Å². The Kier molecular flexibility index (Phi) is 5.52. The molecule has 2 aromatic rings. The Morgan fingerprint density at radius 1 is 1.12 bits per heavy atom. The van der Waals surface area contributed by atoms with Gasteiger partial charge in [0, 0.05) is 32.3 Å². The zero-order valence-corrected chi connectivity index (χ0v) is 15.5.